The quantitative estimate of drug-likeness (QED) is 0.465. The molecule has 27 heavy (non-hydrogen) atoms. The maximum atomic E-state index is 11.8. The van der Waals surface area contributed by atoms with Crippen LogP contribution < -0.4 is 21.3 Å². The summed E-state index contributed by atoms with van der Waals surface area (Å²) in [5, 5.41) is 14.6. The lowest BCUT2D eigenvalue weighted by atomic mass is 10.3. The Hall–Kier alpha value is -3.20. The zero-order chi connectivity index (χ0) is 19.1. The number of amides is 2. The van der Waals surface area contributed by atoms with E-state index in [4.69, 9.17) is 0 Å². The van der Waals surface area contributed by atoms with Gasteiger partial charge in [-0.2, -0.15) is 0 Å². The van der Waals surface area contributed by atoms with Gasteiger partial charge in [-0.05, 0) is 49.1 Å². The van der Waals surface area contributed by atoms with Crippen molar-refractivity contribution in [2.24, 2.45) is 0 Å². The normalized spacial score (nSPS) is 10.3. The molecule has 0 atom stereocenters. The molecule has 0 bridgehead atoms. The molecule has 9 heteroatoms. The van der Waals surface area contributed by atoms with Crippen molar-refractivity contribution in [1.82, 2.24) is 20.3 Å². The second-order valence-corrected chi connectivity index (χ2v) is 6.76. The fraction of sp³-hybridized carbons (Fsp3) is 0.222. The first-order chi connectivity index (χ1) is 13.1. The summed E-state index contributed by atoms with van der Waals surface area (Å²) in [6, 6.07) is 9.20. The molecular formula is C18H21N7OS. The smallest absolute Gasteiger partial charge is 0.319 e. The van der Waals surface area contributed by atoms with Gasteiger partial charge in [-0.3, -0.25) is 5.32 Å². The van der Waals surface area contributed by atoms with Crippen molar-refractivity contribution in [3.8, 4) is 0 Å². The van der Waals surface area contributed by atoms with E-state index in [0.29, 0.717) is 30.5 Å². The second-order valence-electron chi connectivity index (χ2n) is 5.81. The standard InChI is InChI=1S/C18H21N7OS/c1-12-5-6-19-14(10-12)24-16-11-15(22-13(2)23-16)20-7-8-21-18(26)25-17-4-3-9-27-17/h3-6,9-11H,7-8H2,1-2H3,(H2,21,25,26)(H2,19,20,22,23,24). The summed E-state index contributed by atoms with van der Waals surface area (Å²) < 4.78 is 0. The van der Waals surface area contributed by atoms with Crippen molar-refractivity contribution < 1.29 is 4.79 Å². The summed E-state index contributed by atoms with van der Waals surface area (Å²) in [6.07, 6.45) is 1.75. The number of aromatic nitrogens is 3. The molecule has 0 fully saturated rings. The Bertz CT molecular complexity index is 898. The van der Waals surface area contributed by atoms with Crippen LogP contribution in [0.25, 0.3) is 0 Å². The van der Waals surface area contributed by atoms with Gasteiger partial charge in [-0.15, -0.1) is 11.3 Å². The van der Waals surface area contributed by atoms with Gasteiger partial charge in [0.05, 0.1) is 5.00 Å². The summed E-state index contributed by atoms with van der Waals surface area (Å²) in [7, 11) is 0. The van der Waals surface area contributed by atoms with Crippen molar-refractivity contribution in [1.29, 1.82) is 0 Å². The highest BCUT2D eigenvalue weighted by atomic mass is 32.1. The molecule has 0 spiro atoms. The molecule has 0 saturated carbocycles. The first-order valence-corrected chi connectivity index (χ1v) is 9.34. The summed E-state index contributed by atoms with van der Waals surface area (Å²) in [5.74, 6) is 2.70. The number of aryl methyl sites for hydroxylation is 2. The van der Waals surface area contributed by atoms with Crippen molar-refractivity contribution in [2.75, 3.05) is 29.0 Å². The van der Waals surface area contributed by atoms with E-state index in [9.17, 15) is 4.79 Å². The molecule has 0 aliphatic heterocycles. The van der Waals surface area contributed by atoms with E-state index in [0.717, 1.165) is 16.4 Å². The van der Waals surface area contributed by atoms with Crippen LogP contribution in [0.2, 0.25) is 0 Å². The Balaban J connectivity index is 1.49. The van der Waals surface area contributed by atoms with Gasteiger partial charge < -0.3 is 16.0 Å². The third-order valence-corrected chi connectivity index (χ3v) is 4.27. The van der Waals surface area contributed by atoms with Crippen LogP contribution in [0, 0.1) is 13.8 Å². The number of anilines is 4. The highest BCUT2D eigenvalue weighted by Gasteiger charge is 2.05. The number of hydrogen-bond acceptors (Lipinski definition) is 7. The second kappa shape index (κ2) is 8.95. The zero-order valence-corrected chi connectivity index (χ0v) is 15.9. The summed E-state index contributed by atoms with van der Waals surface area (Å²) in [4.78, 5) is 24.8. The van der Waals surface area contributed by atoms with E-state index in [1.54, 1.807) is 6.20 Å². The molecule has 3 heterocycles. The van der Waals surface area contributed by atoms with Crippen LogP contribution in [0.1, 0.15) is 11.4 Å². The number of pyridine rings is 1. The highest BCUT2D eigenvalue weighted by Crippen LogP contribution is 2.16. The fourth-order valence-electron chi connectivity index (χ4n) is 2.33. The lowest BCUT2D eigenvalue weighted by molar-refractivity contribution is 0.252. The Morgan fingerprint density at radius 3 is 2.70 bits per heavy atom. The first-order valence-electron chi connectivity index (χ1n) is 8.46. The van der Waals surface area contributed by atoms with Gasteiger partial charge in [0.15, 0.2) is 0 Å². The predicted octanol–water partition coefficient (Wildman–Crippen LogP) is 3.53. The SMILES string of the molecule is Cc1ccnc(Nc2cc(NCCNC(=O)Nc3cccs3)nc(C)n2)c1. The Morgan fingerprint density at radius 2 is 1.93 bits per heavy atom. The van der Waals surface area contributed by atoms with Crippen LogP contribution in [0.15, 0.2) is 41.9 Å². The van der Waals surface area contributed by atoms with E-state index in [1.165, 1.54) is 11.3 Å². The van der Waals surface area contributed by atoms with Gasteiger partial charge in [0.2, 0.25) is 0 Å². The average molecular weight is 383 g/mol. The van der Waals surface area contributed by atoms with Gasteiger partial charge in [0, 0.05) is 25.4 Å². The number of nitrogens with zero attached hydrogens (tertiary/aromatic N) is 3. The van der Waals surface area contributed by atoms with Crippen LogP contribution >= 0.6 is 11.3 Å². The molecule has 3 aromatic heterocycles. The fourth-order valence-corrected chi connectivity index (χ4v) is 2.94. The van der Waals surface area contributed by atoms with Crippen LogP contribution in [0.3, 0.4) is 0 Å². The molecule has 0 aliphatic carbocycles. The average Bonchev–Trinajstić information content (AvgIpc) is 3.11. The van der Waals surface area contributed by atoms with Crippen molar-refractivity contribution in [3.05, 3.63) is 53.3 Å². The van der Waals surface area contributed by atoms with Gasteiger partial charge in [0.1, 0.15) is 23.3 Å². The molecule has 0 aliphatic rings. The number of carbonyl (C=O) groups is 1. The minimum absolute atomic E-state index is 0.231. The molecule has 0 unspecified atom stereocenters. The van der Waals surface area contributed by atoms with E-state index in [2.05, 4.69) is 36.2 Å². The maximum absolute atomic E-state index is 11.8. The number of urea groups is 1. The lowest BCUT2D eigenvalue weighted by Crippen LogP contribution is -2.32. The van der Waals surface area contributed by atoms with Crippen molar-refractivity contribution >= 4 is 39.8 Å². The summed E-state index contributed by atoms with van der Waals surface area (Å²) >= 11 is 1.48. The van der Waals surface area contributed by atoms with E-state index >= 15 is 0 Å². The van der Waals surface area contributed by atoms with Crippen molar-refractivity contribution in [2.45, 2.75) is 13.8 Å². The molecule has 3 aromatic rings. The monoisotopic (exact) mass is 383 g/mol. The molecule has 4 N–H and O–H groups in total. The van der Waals surface area contributed by atoms with Crippen LogP contribution in [0.5, 0.6) is 0 Å². The van der Waals surface area contributed by atoms with Gasteiger partial charge in [-0.1, -0.05) is 0 Å². The van der Waals surface area contributed by atoms with Crippen LogP contribution in [0.4, 0.5) is 27.2 Å². The third kappa shape index (κ3) is 5.93. The minimum Gasteiger partial charge on any atom is -0.368 e. The Kier molecular flexibility index (Phi) is 6.16. The molecular weight excluding hydrogens is 362 g/mol. The first kappa shape index (κ1) is 18.6. The van der Waals surface area contributed by atoms with E-state index in [-0.39, 0.29) is 6.03 Å². The zero-order valence-electron chi connectivity index (χ0n) is 15.1. The highest BCUT2D eigenvalue weighted by molar-refractivity contribution is 7.14. The molecule has 0 radical (unpaired) electrons. The number of nitrogens with one attached hydrogen (secondary N) is 4. The lowest BCUT2D eigenvalue weighted by Gasteiger charge is -2.11. The van der Waals surface area contributed by atoms with Gasteiger partial charge in [-0.25, -0.2) is 19.7 Å². The predicted molar refractivity (Wildman–Crippen MR) is 109 cm³/mol. The number of rotatable bonds is 7. The Morgan fingerprint density at radius 1 is 1.07 bits per heavy atom. The number of carbonyl (C=O) groups excluding carboxylic acids is 1. The number of thiophene rings is 1. The molecule has 3 rings (SSSR count). The van der Waals surface area contributed by atoms with Crippen LogP contribution in [-0.4, -0.2) is 34.1 Å². The number of hydrogen-bond donors (Lipinski definition) is 4. The van der Waals surface area contributed by atoms with Gasteiger partial charge >= 0.3 is 6.03 Å². The molecule has 2 amide bonds. The summed E-state index contributed by atoms with van der Waals surface area (Å²) in [5.41, 5.74) is 1.11. The van der Waals surface area contributed by atoms with E-state index < -0.39 is 0 Å². The Labute approximate surface area is 161 Å². The molecule has 0 saturated heterocycles. The largest absolute Gasteiger partial charge is 0.368 e. The maximum Gasteiger partial charge on any atom is 0.319 e. The van der Waals surface area contributed by atoms with Crippen molar-refractivity contribution in [3.63, 3.8) is 0 Å². The molecule has 8 nitrogen and oxygen atoms in total. The summed E-state index contributed by atoms with van der Waals surface area (Å²) in [6.45, 7) is 4.83. The van der Waals surface area contributed by atoms with Gasteiger partial charge in [0.25, 0.3) is 0 Å². The van der Waals surface area contributed by atoms with E-state index in [1.807, 2.05) is 49.6 Å². The minimum atomic E-state index is -0.231. The topological polar surface area (TPSA) is 104 Å². The third-order valence-electron chi connectivity index (χ3n) is 3.48. The van der Waals surface area contributed by atoms with Crippen LogP contribution in [-0.2, 0) is 0 Å². The molecule has 0 aromatic carbocycles. The molecule has 140 valence electrons.